The van der Waals surface area contributed by atoms with Gasteiger partial charge in [0.25, 0.3) is 0 Å². The van der Waals surface area contributed by atoms with Gasteiger partial charge in [-0.3, -0.25) is 0 Å². The fourth-order valence-electron chi connectivity index (χ4n) is 2.96. The van der Waals surface area contributed by atoms with Crippen LogP contribution in [0.2, 0.25) is 0 Å². The van der Waals surface area contributed by atoms with E-state index in [1.54, 1.807) is 6.33 Å². The Kier molecular flexibility index (Phi) is 3.66. The highest BCUT2D eigenvalue weighted by atomic mass is 15.3. The van der Waals surface area contributed by atoms with E-state index in [9.17, 15) is 0 Å². The molecule has 0 unspecified atom stereocenters. The van der Waals surface area contributed by atoms with Crippen molar-refractivity contribution in [3.8, 4) is 0 Å². The molecule has 0 atom stereocenters. The average Bonchev–Trinajstić information content (AvgIpc) is 2.85. The highest BCUT2D eigenvalue weighted by molar-refractivity contribution is 5.49. The second kappa shape index (κ2) is 5.47. The van der Waals surface area contributed by atoms with Gasteiger partial charge in [-0.1, -0.05) is 13.8 Å². The van der Waals surface area contributed by atoms with E-state index in [1.165, 1.54) is 11.4 Å². The minimum atomic E-state index is 0.475. The Morgan fingerprint density at radius 3 is 2.67 bits per heavy atom. The third-order valence-electron chi connectivity index (χ3n) is 4.29. The first-order valence-corrected chi connectivity index (χ1v) is 7.60. The van der Waals surface area contributed by atoms with Gasteiger partial charge < -0.3 is 9.47 Å². The van der Waals surface area contributed by atoms with Crippen molar-refractivity contribution in [3.63, 3.8) is 0 Å². The summed E-state index contributed by atoms with van der Waals surface area (Å²) in [6.45, 7) is 11.7. The summed E-state index contributed by atoms with van der Waals surface area (Å²) in [5, 5.41) is 0. The molecule has 2 aromatic rings. The Morgan fingerprint density at radius 2 is 1.95 bits per heavy atom. The van der Waals surface area contributed by atoms with Gasteiger partial charge in [-0.2, -0.15) is 0 Å². The van der Waals surface area contributed by atoms with Gasteiger partial charge >= 0.3 is 0 Å². The van der Waals surface area contributed by atoms with Crippen molar-refractivity contribution in [1.82, 2.24) is 19.5 Å². The summed E-state index contributed by atoms with van der Waals surface area (Å²) in [5.41, 5.74) is 2.27. The second-order valence-corrected chi connectivity index (χ2v) is 6.27. The predicted molar refractivity (Wildman–Crippen MR) is 83.5 cm³/mol. The number of imidazole rings is 1. The van der Waals surface area contributed by atoms with Crippen molar-refractivity contribution in [3.05, 3.63) is 35.8 Å². The van der Waals surface area contributed by atoms with E-state index in [1.807, 2.05) is 13.1 Å². The van der Waals surface area contributed by atoms with Crippen LogP contribution in [0, 0.1) is 19.8 Å². The quantitative estimate of drug-likeness (QED) is 0.866. The molecule has 0 bridgehead atoms. The highest BCUT2D eigenvalue weighted by Gasteiger charge is 2.29. The monoisotopic (exact) mass is 285 g/mol. The number of hydrogen-bond donors (Lipinski definition) is 0. The first-order valence-electron chi connectivity index (χ1n) is 7.60. The van der Waals surface area contributed by atoms with Crippen molar-refractivity contribution in [2.24, 2.45) is 5.92 Å². The lowest BCUT2D eigenvalue weighted by Gasteiger charge is -2.41. The van der Waals surface area contributed by atoms with E-state index >= 15 is 0 Å². The summed E-state index contributed by atoms with van der Waals surface area (Å²) in [7, 11) is 0. The van der Waals surface area contributed by atoms with Crippen LogP contribution in [-0.2, 0) is 6.54 Å². The predicted octanol–water partition coefficient (Wildman–Crippen LogP) is 2.55. The molecule has 21 heavy (non-hydrogen) atoms. The molecule has 1 aliphatic heterocycles. The molecule has 3 heterocycles. The zero-order valence-electron chi connectivity index (χ0n) is 13.2. The van der Waals surface area contributed by atoms with Gasteiger partial charge in [0.2, 0.25) is 0 Å². The molecule has 2 aromatic heterocycles. The largest absolute Gasteiger partial charge is 0.355 e. The lowest BCUT2D eigenvalue weighted by atomic mass is 9.99. The van der Waals surface area contributed by atoms with Gasteiger partial charge in [0, 0.05) is 55.1 Å². The van der Waals surface area contributed by atoms with E-state index in [0.29, 0.717) is 11.8 Å². The molecular formula is C16H23N5. The lowest BCUT2D eigenvalue weighted by Crippen LogP contribution is -2.49. The maximum atomic E-state index is 4.46. The van der Waals surface area contributed by atoms with Crippen LogP contribution in [0.25, 0.3) is 0 Å². The Bertz CT molecular complexity index is 625. The maximum Gasteiger partial charge on any atom is 0.135 e. The molecule has 112 valence electrons. The van der Waals surface area contributed by atoms with Gasteiger partial charge in [0.15, 0.2) is 0 Å². The summed E-state index contributed by atoms with van der Waals surface area (Å²) >= 11 is 0. The summed E-state index contributed by atoms with van der Waals surface area (Å²) < 4.78 is 2.30. The summed E-state index contributed by atoms with van der Waals surface area (Å²) in [4.78, 5) is 15.5. The molecule has 0 amide bonds. The molecule has 3 rings (SSSR count). The molecule has 0 spiro atoms. The number of aromatic nitrogens is 4. The third-order valence-corrected chi connectivity index (χ3v) is 4.29. The van der Waals surface area contributed by atoms with Crippen LogP contribution in [-0.4, -0.2) is 32.6 Å². The van der Waals surface area contributed by atoms with Crippen molar-refractivity contribution < 1.29 is 0 Å². The average molecular weight is 285 g/mol. The van der Waals surface area contributed by atoms with Crippen molar-refractivity contribution >= 4 is 5.82 Å². The minimum Gasteiger partial charge on any atom is -0.355 e. The van der Waals surface area contributed by atoms with Gasteiger partial charge in [0.1, 0.15) is 18.0 Å². The van der Waals surface area contributed by atoms with E-state index < -0.39 is 0 Å². The van der Waals surface area contributed by atoms with E-state index in [2.05, 4.69) is 51.4 Å². The van der Waals surface area contributed by atoms with Crippen LogP contribution < -0.4 is 4.90 Å². The molecule has 0 aromatic carbocycles. The van der Waals surface area contributed by atoms with E-state index in [4.69, 9.17) is 0 Å². The highest BCUT2D eigenvalue weighted by Crippen LogP contribution is 2.27. The van der Waals surface area contributed by atoms with E-state index in [0.717, 1.165) is 31.1 Å². The number of aryl methyl sites for hydroxylation is 1. The summed E-state index contributed by atoms with van der Waals surface area (Å²) in [6.07, 6.45) is 5.67. The molecular weight excluding hydrogens is 262 g/mol. The fraction of sp³-hybridized carbons (Fsp3) is 0.562. The maximum absolute atomic E-state index is 4.46. The molecule has 1 saturated heterocycles. The zero-order chi connectivity index (χ0) is 15.0. The SMILES string of the molecule is Cc1ncnc(N2CC(Cn3ccnc3C(C)C)C2)c1C. The van der Waals surface area contributed by atoms with Crippen molar-refractivity contribution in [2.45, 2.75) is 40.2 Å². The van der Waals surface area contributed by atoms with Crippen LogP contribution in [0.1, 0.15) is 36.8 Å². The Hall–Kier alpha value is -1.91. The first-order chi connectivity index (χ1) is 10.1. The summed E-state index contributed by atoms with van der Waals surface area (Å²) in [5.74, 6) is 3.42. The fourth-order valence-corrected chi connectivity index (χ4v) is 2.96. The smallest absolute Gasteiger partial charge is 0.135 e. The molecule has 5 nitrogen and oxygen atoms in total. The van der Waals surface area contributed by atoms with Gasteiger partial charge in [-0.05, 0) is 13.8 Å². The normalized spacial score (nSPS) is 15.6. The van der Waals surface area contributed by atoms with E-state index in [-0.39, 0.29) is 0 Å². The molecule has 0 radical (unpaired) electrons. The van der Waals surface area contributed by atoms with Crippen LogP contribution >= 0.6 is 0 Å². The van der Waals surface area contributed by atoms with Crippen LogP contribution in [0.15, 0.2) is 18.7 Å². The molecule has 0 N–H and O–H groups in total. The Morgan fingerprint density at radius 1 is 1.19 bits per heavy atom. The molecule has 0 aliphatic carbocycles. The molecule has 0 saturated carbocycles. The lowest BCUT2D eigenvalue weighted by molar-refractivity contribution is 0.348. The van der Waals surface area contributed by atoms with Crippen LogP contribution in [0.4, 0.5) is 5.82 Å². The van der Waals surface area contributed by atoms with Gasteiger partial charge in [-0.15, -0.1) is 0 Å². The molecule has 1 fully saturated rings. The van der Waals surface area contributed by atoms with Crippen LogP contribution in [0.3, 0.4) is 0 Å². The van der Waals surface area contributed by atoms with Crippen LogP contribution in [0.5, 0.6) is 0 Å². The topological polar surface area (TPSA) is 46.8 Å². The van der Waals surface area contributed by atoms with Gasteiger partial charge in [-0.25, -0.2) is 15.0 Å². The number of hydrogen-bond acceptors (Lipinski definition) is 4. The minimum absolute atomic E-state index is 0.475. The van der Waals surface area contributed by atoms with Crippen molar-refractivity contribution in [2.75, 3.05) is 18.0 Å². The number of rotatable bonds is 4. The number of nitrogens with zero attached hydrogens (tertiary/aromatic N) is 5. The van der Waals surface area contributed by atoms with Crippen molar-refractivity contribution in [1.29, 1.82) is 0 Å². The Balaban J connectivity index is 1.63. The molecule has 5 heteroatoms. The zero-order valence-corrected chi connectivity index (χ0v) is 13.2. The standard InChI is InChI=1S/C16H23N5/c1-11(2)15-17-5-6-20(15)7-14-8-21(9-14)16-12(3)13(4)18-10-19-16/h5-6,10-11,14H,7-9H2,1-4H3. The van der Waals surface area contributed by atoms with Gasteiger partial charge in [0.05, 0.1) is 0 Å². The third kappa shape index (κ3) is 2.64. The Labute approximate surface area is 126 Å². The first kappa shape index (κ1) is 14.0. The second-order valence-electron chi connectivity index (χ2n) is 6.27. The summed E-state index contributed by atoms with van der Waals surface area (Å²) in [6, 6.07) is 0. The number of anilines is 1. The molecule has 1 aliphatic rings.